The predicted molar refractivity (Wildman–Crippen MR) is 30.0 cm³/mol. The summed E-state index contributed by atoms with van der Waals surface area (Å²) in [6.45, 7) is 0. The van der Waals surface area contributed by atoms with Gasteiger partial charge in [-0.25, -0.2) is 0 Å². The molecule has 0 atom stereocenters. The van der Waals surface area contributed by atoms with Crippen LogP contribution in [0.3, 0.4) is 0 Å². The van der Waals surface area contributed by atoms with Gasteiger partial charge in [0.15, 0.2) is 0 Å². The van der Waals surface area contributed by atoms with Crippen molar-refractivity contribution in [1.82, 2.24) is 0 Å². The highest BCUT2D eigenvalue weighted by Gasteiger charge is 1.53. The summed E-state index contributed by atoms with van der Waals surface area (Å²) in [4.78, 5) is 0. The summed E-state index contributed by atoms with van der Waals surface area (Å²) in [6, 6.07) is 0. The first kappa shape index (κ1) is 3.38. The van der Waals surface area contributed by atoms with E-state index >= 15 is 0 Å². The van der Waals surface area contributed by atoms with E-state index in [1.54, 1.807) is 0 Å². The molecule has 0 saturated heterocycles. The first-order valence-electron chi connectivity index (χ1n) is 2.35. The molecule has 0 aromatic heterocycles. The second kappa shape index (κ2) is 4.18. The molecule has 1 heteroatoms. The first-order chi connectivity index (χ1) is 3.41. The Balaban J connectivity index is 3.13. The lowest BCUT2D eigenvalue weighted by molar-refractivity contribution is 1.88. The van der Waals surface area contributed by atoms with Crippen molar-refractivity contribution in [1.29, 1.82) is 1.34 Å². The zero-order chi connectivity index (χ0) is 5.54. The maximum atomic E-state index is 6.61. The molecule has 0 aromatic carbocycles. The smallest absolute Gasteiger partial charge is 0.106 e. The van der Waals surface area contributed by atoms with Crippen molar-refractivity contribution < 1.29 is 0 Å². The maximum Gasteiger partial charge on any atom is 0.116 e. The molecule has 0 radical (unpaired) electrons. The lowest BCUT2D eigenvalue weighted by Crippen LogP contribution is -1.54. The third kappa shape index (κ3) is 3.18. The summed E-state index contributed by atoms with van der Waals surface area (Å²) in [5.41, 5.74) is 0. The van der Waals surface area contributed by atoms with E-state index in [-0.39, 0.29) is 0 Å². The Morgan fingerprint density at radius 3 is 3.33 bits per heavy atom. The average molecular weight is 76.9 g/mol. The Kier molecular flexibility index (Phi) is 2.36. The lowest BCUT2D eigenvalue weighted by atomic mass is 10.1. The molecule has 0 nitrogen and oxygen atoms in total. The van der Waals surface area contributed by atoms with Crippen LogP contribution in [-0.2, 0) is 0 Å². The highest BCUT2D eigenvalue weighted by Crippen LogP contribution is 1.58. The van der Waals surface area contributed by atoms with Gasteiger partial charge in [-0.15, -0.1) is 6.42 Å². The first-order valence-corrected chi connectivity index (χ1v) is 1.64. The molecule has 0 saturated carbocycles. The molecule has 0 bridgehead atoms. The third-order valence-corrected chi connectivity index (χ3v) is 0.286. The van der Waals surface area contributed by atoms with Crippen molar-refractivity contribution in [3.63, 3.8) is 0 Å². The van der Waals surface area contributed by atoms with E-state index in [0.29, 0.717) is 14.1 Å². The fraction of sp³-hybridized carbons (Fsp3) is 0.200. The van der Waals surface area contributed by atoms with Crippen LogP contribution in [0.5, 0.6) is 0 Å². The Labute approximate surface area is 40.7 Å². The minimum absolute atomic E-state index is 0.342. The molecule has 0 aliphatic rings. The number of rotatable bonds is 1. The van der Waals surface area contributed by atoms with Crippen molar-refractivity contribution in [3.05, 3.63) is 0 Å². The monoisotopic (exact) mass is 77.1 g/mol. The normalized spacial score (nSPS) is 6.17. The van der Waals surface area contributed by atoms with Gasteiger partial charge in [-0.05, 0) is 19.5 Å². The van der Waals surface area contributed by atoms with Gasteiger partial charge in [-0.1, -0.05) is 5.92 Å². The fourth-order valence-corrected chi connectivity index (χ4v) is 0.114. The van der Waals surface area contributed by atoms with Crippen LogP contribution in [0.1, 0.15) is 0 Å². The molecular formula is C5H5B. The van der Waals surface area contributed by atoms with Crippen molar-refractivity contribution in [2.45, 2.75) is 6.32 Å². The molecule has 28 valence electrons. The highest BCUT2D eigenvalue weighted by molar-refractivity contribution is 6.10. The molecule has 0 rings (SSSR count). The van der Waals surface area contributed by atoms with Gasteiger partial charge in [0.2, 0.25) is 0 Å². The average Bonchev–Trinajstić information content (AvgIpc) is 1.69. The van der Waals surface area contributed by atoms with Gasteiger partial charge in [0.1, 0.15) is 7.81 Å². The van der Waals surface area contributed by atoms with Crippen LogP contribution < -0.4 is 0 Å². The molecule has 0 amide bonds. The van der Waals surface area contributed by atoms with Gasteiger partial charge in [-0.2, -0.15) is 0 Å². The largest absolute Gasteiger partial charge is 0.116 e. The van der Waals surface area contributed by atoms with E-state index in [1.807, 2.05) is 0 Å². The second-order valence-corrected chi connectivity index (χ2v) is 0.696. The molecule has 6 heavy (non-hydrogen) atoms. The predicted octanol–water partition coefficient (Wildman–Crippen LogP) is -0.326. The van der Waals surface area contributed by atoms with Crippen LogP contribution in [0.15, 0.2) is 0 Å². The molecule has 0 aromatic rings. The van der Waals surface area contributed by atoms with Crippen molar-refractivity contribution >= 4 is 7.81 Å². The Hall–Kier alpha value is -0.815. The van der Waals surface area contributed by atoms with E-state index in [4.69, 9.17) is 7.76 Å². The van der Waals surface area contributed by atoms with Gasteiger partial charge in [0.05, 0.1) is 0 Å². The van der Waals surface area contributed by atoms with Gasteiger partial charge in [0, 0.05) is 0 Å². The van der Waals surface area contributed by atoms with Crippen LogP contribution in [-0.4, -0.2) is 9.15 Å². The fourth-order valence-electron chi connectivity index (χ4n) is 0.114. The van der Waals surface area contributed by atoms with Gasteiger partial charge >= 0.3 is 0 Å². The molecule has 0 spiro atoms. The van der Waals surface area contributed by atoms with Crippen LogP contribution in [0.25, 0.3) is 0 Å². The van der Waals surface area contributed by atoms with Crippen LogP contribution in [0, 0.1) is 24.2 Å². The molecule has 0 heterocycles. The van der Waals surface area contributed by atoms with Crippen LogP contribution in [0.2, 0.25) is 6.32 Å². The van der Waals surface area contributed by atoms with Crippen molar-refractivity contribution in [2.75, 3.05) is 0 Å². The minimum Gasteiger partial charge on any atom is -0.106 e. The van der Waals surface area contributed by atoms with Gasteiger partial charge in [0.25, 0.3) is 0 Å². The standard InChI is InChI=1S/C5H5B/c1-2-3-4-5-6/h1H,5-6H2/i6D. The highest BCUT2D eigenvalue weighted by atomic mass is 13.5. The zero-order valence-corrected chi connectivity index (χ0v) is 3.49. The summed E-state index contributed by atoms with van der Waals surface area (Å²) >= 11 is 0. The van der Waals surface area contributed by atoms with Crippen LogP contribution in [0.4, 0.5) is 0 Å². The minimum atomic E-state index is 0.342. The quantitative estimate of drug-likeness (QED) is 0.297. The third-order valence-electron chi connectivity index (χ3n) is 0.286. The molecule has 0 N–H and O–H groups in total. The zero-order valence-electron chi connectivity index (χ0n) is 4.49. The molecule has 0 unspecified atom stereocenters. The summed E-state index contributed by atoms with van der Waals surface area (Å²) in [5.74, 6) is 7.18. The second-order valence-electron chi connectivity index (χ2n) is 0.696. The molecule has 0 aliphatic carbocycles. The Bertz CT molecular complexity index is 123. The van der Waals surface area contributed by atoms with Crippen molar-refractivity contribution in [2.24, 2.45) is 0 Å². The lowest BCUT2D eigenvalue weighted by Gasteiger charge is -1.57. The SMILES string of the molecule is [2H]BCC#CC#C. The van der Waals surface area contributed by atoms with Crippen LogP contribution >= 0.6 is 0 Å². The summed E-state index contributed by atoms with van der Waals surface area (Å²) in [6.07, 6.45) is 5.37. The number of hydrogen-bond acceptors (Lipinski definition) is 0. The van der Waals surface area contributed by atoms with E-state index in [9.17, 15) is 0 Å². The molecule has 0 aliphatic heterocycles. The molecular weight excluding hydrogens is 70.9 g/mol. The van der Waals surface area contributed by atoms with E-state index < -0.39 is 0 Å². The summed E-state index contributed by atoms with van der Waals surface area (Å²) < 4.78 is 6.61. The summed E-state index contributed by atoms with van der Waals surface area (Å²) in [7, 11) is 0.342. The topological polar surface area (TPSA) is 0 Å². The molecule has 0 fully saturated rings. The van der Waals surface area contributed by atoms with Gasteiger partial charge in [-0.3, -0.25) is 0 Å². The van der Waals surface area contributed by atoms with E-state index in [1.165, 1.54) is 0 Å². The van der Waals surface area contributed by atoms with Crippen molar-refractivity contribution in [3.8, 4) is 24.2 Å². The van der Waals surface area contributed by atoms with Gasteiger partial charge < -0.3 is 0 Å². The Morgan fingerprint density at radius 2 is 2.83 bits per heavy atom. The van der Waals surface area contributed by atoms with E-state index in [0.717, 1.165) is 0 Å². The van der Waals surface area contributed by atoms with E-state index in [2.05, 4.69) is 17.8 Å². The number of terminal acetylenes is 1. The summed E-state index contributed by atoms with van der Waals surface area (Å²) in [5, 5.41) is 0. The maximum absolute atomic E-state index is 6.61. The number of hydrogen-bond donors (Lipinski definition) is 0. The Morgan fingerprint density at radius 1 is 2.00 bits per heavy atom.